The summed E-state index contributed by atoms with van der Waals surface area (Å²) in [5.41, 5.74) is 7.39. The molecule has 1 amide bonds. The number of aromatic nitrogens is 1. The Labute approximate surface area is 184 Å². The summed E-state index contributed by atoms with van der Waals surface area (Å²) in [6, 6.07) is 7.24. The maximum absolute atomic E-state index is 14.4. The van der Waals surface area contributed by atoms with Gasteiger partial charge in [0, 0.05) is 42.8 Å². The van der Waals surface area contributed by atoms with Gasteiger partial charge in [0.05, 0.1) is 35.3 Å². The third-order valence-electron chi connectivity index (χ3n) is 5.86. The highest BCUT2D eigenvalue weighted by Crippen LogP contribution is 2.39. The number of nitrogens with one attached hydrogen (secondary N) is 1. The van der Waals surface area contributed by atoms with E-state index in [2.05, 4.69) is 20.1 Å². The first-order valence-corrected chi connectivity index (χ1v) is 10.2. The molecule has 1 fully saturated rings. The van der Waals surface area contributed by atoms with Gasteiger partial charge < -0.3 is 25.6 Å². The molecule has 0 radical (unpaired) electrons. The summed E-state index contributed by atoms with van der Waals surface area (Å²) in [4.78, 5) is 20.9. The summed E-state index contributed by atoms with van der Waals surface area (Å²) >= 11 is 0. The van der Waals surface area contributed by atoms with Crippen molar-refractivity contribution in [1.82, 2.24) is 9.88 Å². The molecule has 1 aliphatic heterocycles. The van der Waals surface area contributed by atoms with Crippen molar-refractivity contribution in [3.8, 4) is 5.75 Å². The van der Waals surface area contributed by atoms with Gasteiger partial charge in [-0.2, -0.15) is 0 Å². The molecule has 9 heteroatoms. The number of fused-ring (bicyclic) bond motifs is 1. The molecule has 3 N–H and O–H groups in total. The first-order valence-electron chi connectivity index (χ1n) is 10.2. The third-order valence-corrected chi connectivity index (χ3v) is 5.86. The van der Waals surface area contributed by atoms with E-state index in [1.165, 1.54) is 12.3 Å². The molecule has 1 aromatic heterocycles. The van der Waals surface area contributed by atoms with Crippen LogP contribution in [0.3, 0.4) is 0 Å². The van der Waals surface area contributed by atoms with Gasteiger partial charge in [0.1, 0.15) is 17.4 Å². The van der Waals surface area contributed by atoms with Crippen molar-refractivity contribution in [2.75, 3.05) is 44.5 Å². The van der Waals surface area contributed by atoms with Crippen molar-refractivity contribution in [2.24, 2.45) is 5.73 Å². The van der Waals surface area contributed by atoms with E-state index in [9.17, 15) is 13.6 Å². The summed E-state index contributed by atoms with van der Waals surface area (Å²) in [6.45, 7) is 1.65. The molecule has 0 aliphatic carbocycles. The van der Waals surface area contributed by atoms with Gasteiger partial charge in [0.25, 0.3) is 5.91 Å². The van der Waals surface area contributed by atoms with Gasteiger partial charge in [0.2, 0.25) is 0 Å². The number of hydrogen-bond acceptors (Lipinski definition) is 6. The monoisotopic (exact) mass is 441 g/mol. The zero-order valence-corrected chi connectivity index (χ0v) is 18.2. The van der Waals surface area contributed by atoms with E-state index in [1.807, 2.05) is 20.2 Å². The number of anilines is 3. The summed E-state index contributed by atoms with van der Waals surface area (Å²) in [7, 11) is 5.69. The minimum Gasteiger partial charge on any atom is -0.495 e. The molecule has 1 atom stereocenters. The highest BCUT2D eigenvalue weighted by atomic mass is 19.1. The van der Waals surface area contributed by atoms with E-state index in [1.54, 1.807) is 13.2 Å². The van der Waals surface area contributed by atoms with Gasteiger partial charge >= 0.3 is 0 Å². The first-order chi connectivity index (χ1) is 15.3. The van der Waals surface area contributed by atoms with Gasteiger partial charge in [-0.05, 0) is 38.7 Å². The molecule has 3 aromatic rings. The van der Waals surface area contributed by atoms with Crippen LogP contribution in [0.5, 0.6) is 5.75 Å². The maximum atomic E-state index is 14.4. The molecule has 2 heterocycles. The summed E-state index contributed by atoms with van der Waals surface area (Å²) in [5, 5.41) is 3.50. The van der Waals surface area contributed by atoms with Gasteiger partial charge in [-0.1, -0.05) is 0 Å². The van der Waals surface area contributed by atoms with Crippen LogP contribution in [0.2, 0.25) is 0 Å². The number of ether oxygens (including phenoxy) is 1. The molecule has 168 valence electrons. The fourth-order valence-corrected chi connectivity index (χ4v) is 4.05. The fourth-order valence-electron chi connectivity index (χ4n) is 4.05. The number of halogens is 2. The number of benzene rings is 2. The van der Waals surface area contributed by atoms with Gasteiger partial charge in [0.15, 0.2) is 0 Å². The molecule has 2 aromatic carbocycles. The normalized spacial score (nSPS) is 16.1. The molecule has 7 nitrogen and oxygen atoms in total. The number of carbonyl (C=O) groups excluding carboxylic acids is 1. The Morgan fingerprint density at radius 1 is 1.28 bits per heavy atom. The number of pyridine rings is 1. The molecule has 0 bridgehead atoms. The second-order valence-electron chi connectivity index (χ2n) is 8.05. The number of nitrogens with zero attached hydrogens (tertiary/aromatic N) is 3. The number of nitrogens with two attached hydrogens (primary N) is 1. The second kappa shape index (κ2) is 8.58. The highest BCUT2D eigenvalue weighted by Gasteiger charge is 2.27. The molecule has 4 rings (SSSR count). The topological polar surface area (TPSA) is 83.7 Å². The van der Waals surface area contributed by atoms with Crippen LogP contribution in [0, 0.1) is 11.6 Å². The maximum Gasteiger partial charge on any atom is 0.252 e. The van der Waals surface area contributed by atoms with Crippen LogP contribution >= 0.6 is 0 Å². The predicted molar refractivity (Wildman–Crippen MR) is 121 cm³/mol. The zero-order valence-electron chi connectivity index (χ0n) is 18.2. The minimum atomic E-state index is -0.785. The van der Waals surface area contributed by atoms with E-state index in [0.717, 1.165) is 37.3 Å². The van der Waals surface area contributed by atoms with E-state index in [4.69, 9.17) is 10.5 Å². The largest absolute Gasteiger partial charge is 0.495 e. The van der Waals surface area contributed by atoms with Crippen LogP contribution in [0.25, 0.3) is 10.9 Å². The van der Waals surface area contributed by atoms with Gasteiger partial charge in [-0.25, -0.2) is 8.78 Å². The molecule has 1 unspecified atom stereocenters. The van der Waals surface area contributed by atoms with Gasteiger partial charge in [-0.3, -0.25) is 9.78 Å². The van der Waals surface area contributed by atoms with Crippen molar-refractivity contribution in [3.63, 3.8) is 0 Å². The average Bonchev–Trinajstić information content (AvgIpc) is 3.25. The molecule has 0 spiro atoms. The van der Waals surface area contributed by atoms with Crippen molar-refractivity contribution >= 4 is 33.9 Å². The molecule has 32 heavy (non-hydrogen) atoms. The predicted octanol–water partition coefficient (Wildman–Crippen LogP) is 3.50. The lowest BCUT2D eigenvalue weighted by molar-refractivity contribution is 0.100. The minimum absolute atomic E-state index is 0.0209. The Bertz CT molecular complexity index is 1180. The van der Waals surface area contributed by atoms with Crippen molar-refractivity contribution in [3.05, 3.63) is 53.7 Å². The van der Waals surface area contributed by atoms with E-state index in [-0.39, 0.29) is 11.3 Å². The standard InChI is InChI=1S/C23H25F2N5O2/c1-29(2)14-6-7-30(12-14)20-9-15-19(10-21(20)32-3)27-11-16(23(26)31)22(15)28-18-5-4-13(24)8-17(18)25/h4-5,8-11,14H,6-7,12H2,1-3H3,(H2,26,31)(H,27,28). The summed E-state index contributed by atoms with van der Waals surface area (Å²) in [6.07, 6.45) is 2.34. The van der Waals surface area contributed by atoms with Crippen LogP contribution in [-0.2, 0) is 0 Å². The lowest BCUT2D eigenvalue weighted by Crippen LogP contribution is -2.31. The Morgan fingerprint density at radius 3 is 2.69 bits per heavy atom. The molecular formula is C23H25F2N5O2. The van der Waals surface area contributed by atoms with Crippen LogP contribution in [0.4, 0.5) is 25.8 Å². The number of rotatable bonds is 6. The first kappa shape index (κ1) is 21.8. The van der Waals surface area contributed by atoms with Crippen molar-refractivity contribution in [2.45, 2.75) is 12.5 Å². The number of methoxy groups -OCH3 is 1. The SMILES string of the molecule is COc1cc2ncc(C(N)=O)c(Nc3ccc(F)cc3F)c2cc1N1CCC(N(C)C)C1. The number of hydrogen-bond donors (Lipinski definition) is 2. The van der Waals surface area contributed by atoms with Crippen molar-refractivity contribution in [1.29, 1.82) is 0 Å². The lowest BCUT2D eigenvalue weighted by Gasteiger charge is -2.24. The molecule has 1 aliphatic rings. The average molecular weight is 441 g/mol. The van der Waals surface area contributed by atoms with E-state index < -0.39 is 17.5 Å². The molecular weight excluding hydrogens is 416 g/mol. The molecule has 0 saturated carbocycles. The second-order valence-corrected chi connectivity index (χ2v) is 8.05. The van der Waals surface area contributed by atoms with Gasteiger partial charge in [-0.15, -0.1) is 0 Å². The number of primary amides is 1. The van der Waals surface area contributed by atoms with E-state index in [0.29, 0.717) is 28.4 Å². The van der Waals surface area contributed by atoms with Crippen LogP contribution in [-0.4, -0.2) is 56.1 Å². The Hall–Kier alpha value is -3.46. The lowest BCUT2D eigenvalue weighted by atomic mass is 10.1. The zero-order chi connectivity index (χ0) is 23.0. The Balaban J connectivity index is 1.87. The Morgan fingerprint density at radius 2 is 2.06 bits per heavy atom. The van der Waals surface area contributed by atoms with E-state index >= 15 is 0 Å². The highest BCUT2D eigenvalue weighted by molar-refractivity contribution is 6.08. The van der Waals surface area contributed by atoms with Crippen LogP contribution in [0.1, 0.15) is 16.8 Å². The molecule has 1 saturated heterocycles. The smallest absolute Gasteiger partial charge is 0.252 e. The fraction of sp³-hybridized carbons (Fsp3) is 0.304. The van der Waals surface area contributed by atoms with Crippen LogP contribution in [0.15, 0.2) is 36.5 Å². The van der Waals surface area contributed by atoms with Crippen LogP contribution < -0.4 is 20.7 Å². The Kier molecular flexibility index (Phi) is 5.84. The number of amides is 1. The van der Waals surface area contributed by atoms with Crippen molar-refractivity contribution < 1.29 is 18.3 Å². The summed E-state index contributed by atoms with van der Waals surface area (Å²) < 4.78 is 33.4. The number of carbonyl (C=O) groups is 1. The quantitative estimate of drug-likeness (QED) is 0.609. The number of likely N-dealkylation sites (N-methyl/N-ethyl adjacent to an activating group) is 1. The summed E-state index contributed by atoms with van der Waals surface area (Å²) in [5.74, 6) is -1.54. The third kappa shape index (κ3) is 4.03.